The van der Waals surface area contributed by atoms with Gasteiger partial charge in [0.2, 0.25) is 0 Å². The van der Waals surface area contributed by atoms with Gasteiger partial charge in [-0.15, -0.1) is 0 Å². The smallest absolute Gasteiger partial charge is 0.305 e. The lowest BCUT2D eigenvalue weighted by Gasteiger charge is -2.07. The summed E-state index contributed by atoms with van der Waals surface area (Å²) in [6.45, 7) is 4.06. The molecule has 0 aliphatic carbocycles. The van der Waals surface area contributed by atoms with Crippen molar-refractivity contribution in [3.05, 3.63) is 71.8 Å². The van der Waals surface area contributed by atoms with Crippen molar-refractivity contribution in [3.63, 3.8) is 0 Å². The zero-order chi connectivity index (χ0) is 22.6. The highest BCUT2D eigenvalue weighted by molar-refractivity contribution is 8.76. The molecule has 164 valence electrons. The summed E-state index contributed by atoms with van der Waals surface area (Å²) in [5, 5.41) is 8.79. The zero-order valence-electron chi connectivity index (χ0n) is 18.1. The number of ether oxygens (including phenoxy) is 1. The Morgan fingerprint density at radius 3 is 1.81 bits per heavy atom. The van der Waals surface area contributed by atoms with Crippen molar-refractivity contribution in [2.75, 3.05) is 7.11 Å². The molecule has 0 bridgehead atoms. The first-order valence-corrected chi connectivity index (χ1v) is 12.2. The summed E-state index contributed by atoms with van der Waals surface area (Å²) in [5.74, 6) is -0.973. The quantitative estimate of drug-likeness (QED) is 0.287. The lowest BCUT2D eigenvalue weighted by atomic mass is 10.1. The second kappa shape index (κ2) is 13.1. The molecule has 0 saturated heterocycles. The number of benzene rings is 2. The Morgan fingerprint density at radius 1 is 0.871 bits per heavy atom. The summed E-state index contributed by atoms with van der Waals surface area (Å²) in [7, 11) is 4.80. The van der Waals surface area contributed by atoms with E-state index in [0.29, 0.717) is 19.3 Å². The second-order valence-electron chi connectivity index (χ2n) is 7.04. The van der Waals surface area contributed by atoms with Gasteiger partial charge in [-0.25, -0.2) is 0 Å². The topological polar surface area (TPSA) is 63.6 Å². The molecule has 31 heavy (non-hydrogen) atoms. The maximum atomic E-state index is 11.3. The Hall–Kier alpha value is -2.44. The van der Waals surface area contributed by atoms with Gasteiger partial charge in [-0.05, 0) is 73.2 Å². The normalized spacial score (nSPS) is 12.0. The van der Waals surface area contributed by atoms with Crippen molar-refractivity contribution in [1.82, 2.24) is 0 Å². The van der Waals surface area contributed by atoms with Crippen molar-refractivity contribution < 1.29 is 19.4 Å². The van der Waals surface area contributed by atoms with Crippen LogP contribution in [0.5, 0.6) is 0 Å². The maximum Gasteiger partial charge on any atom is 0.305 e. The first-order chi connectivity index (χ1) is 14.9. The third-order valence-corrected chi connectivity index (χ3v) is 7.03. The summed E-state index contributed by atoms with van der Waals surface area (Å²) < 4.78 is 4.68. The summed E-state index contributed by atoms with van der Waals surface area (Å²) in [5.41, 5.74) is 4.47. The van der Waals surface area contributed by atoms with Crippen molar-refractivity contribution >= 4 is 44.7 Å². The number of carboxylic acid groups (broad SMARTS) is 1. The molecule has 0 amide bonds. The number of allylic oxidation sites excluding steroid dienone is 4. The molecule has 0 spiro atoms. The van der Waals surface area contributed by atoms with E-state index in [0.717, 1.165) is 32.1 Å². The van der Waals surface area contributed by atoms with E-state index >= 15 is 0 Å². The number of hydrogen-bond donors (Lipinski definition) is 1. The predicted octanol–water partition coefficient (Wildman–Crippen LogP) is 7.11. The van der Waals surface area contributed by atoms with Crippen molar-refractivity contribution in [2.24, 2.45) is 0 Å². The standard InChI is InChI=1S/C25H28O4S2/c1-18(8-4-14-24(26)27)20-10-6-12-22(16-20)30-31-23-13-7-11-21(17-23)19(2)9-5-15-25(28)29-3/h6-13,16-17H,4-5,14-15H2,1-3H3,(H,26,27). The van der Waals surface area contributed by atoms with Gasteiger partial charge in [-0.1, -0.05) is 58.0 Å². The number of carboxylic acids is 1. The maximum absolute atomic E-state index is 11.3. The van der Waals surface area contributed by atoms with Crippen LogP contribution in [-0.4, -0.2) is 24.2 Å². The molecule has 0 unspecified atom stereocenters. The molecule has 4 nitrogen and oxygen atoms in total. The summed E-state index contributed by atoms with van der Waals surface area (Å²) in [6.07, 6.45) is 5.77. The van der Waals surface area contributed by atoms with Crippen LogP contribution in [0.2, 0.25) is 0 Å². The van der Waals surface area contributed by atoms with E-state index in [4.69, 9.17) is 5.11 Å². The predicted molar refractivity (Wildman–Crippen MR) is 130 cm³/mol. The molecule has 2 aromatic carbocycles. The number of rotatable bonds is 11. The lowest BCUT2D eigenvalue weighted by molar-refractivity contribution is -0.140. The first kappa shape index (κ1) is 24.8. The zero-order valence-corrected chi connectivity index (χ0v) is 19.7. The van der Waals surface area contributed by atoms with Crippen LogP contribution in [0.15, 0.2) is 70.5 Å². The molecular formula is C25H28O4S2. The van der Waals surface area contributed by atoms with E-state index in [1.54, 1.807) is 21.6 Å². The molecule has 0 atom stereocenters. The SMILES string of the molecule is COC(=O)CCC=C(C)c1cccc(SSc2cccc(C(C)=CCCC(=O)O)c2)c1. The molecule has 0 fully saturated rings. The minimum Gasteiger partial charge on any atom is -0.481 e. The number of carbonyl (C=O) groups is 2. The number of carbonyl (C=O) groups excluding carboxylic acids is 1. The molecule has 2 aromatic rings. The molecule has 0 aromatic heterocycles. The van der Waals surface area contributed by atoms with Gasteiger partial charge in [0.15, 0.2) is 0 Å². The Labute approximate surface area is 192 Å². The van der Waals surface area contributed by atoms with Crippen LogP contribution in [0, 0.1) is 0 Å². The fourth-order valence-electron chi connectivity index (χ4n) is 2.84. The van der Waals surface area contributed by atoms with E-state index in [1.165, 1.54) is 7.11 Å². The third kappa shape index (κ3) is 9.07. The molecule has 0 aliphatic rings. The van der Waals surface area contributed by atoms with Crippen LogP contribution >= 0.6 is 21.6 Å². The van der Waals surface area contributed by atoms with E-state index in [1.807, 2.05) is 31.2 Å². The van der Waals surface area contributed by atoms with Crippen LogP contribution in [0.4, 0.5) is 0 Å². The molecule has 0 heterocycles. The number of methoxy groups -OCH3 is 1. The second-order valence-corrected chi connectivity index (χ2v) is 9.32. The average Bonchev–Trinajstić information content (AvgIpc) is 2.77. The fourth-order valence-corrected chi connectivity index (χ4v) is 4.85. The van der Waals surface area contributed by atoms with Crippen molar-refractivity contribution in [1.29, 1.82) is 0 Å². The van der Waals surface area contributed by atoms with Crippen molar-refractivity contribution in [2.45, 2.75) is 49.3 Å². The Bertz CT molecular complexity index is 963. The molecule has 0 aliphatic heterocycles. The van der Waals surface area contributed by atoms with Crippen LogP contribution in [0.1, 0.15) is 50.7 Å². The molecule has 1 N–H and O–H groups in total. The van der Waals surface area contributed by atoms with Crippen LogP contribution < -0.4 is 0 Å². The van der Waals surface area contributed by atoms with Gasteiger partial charge < -0.3 is 9.84 Å². The molecule has 0 radical (unpaired) electrons. The van der Waals surface area contributed by atoms with E-state index in [-0.39, 0.29) is 12.4 Å². The van der Waals surface area contributed by atoms with E-state index in [2.05, 4.69) is 48.1 Å². The highest BCUT2D eigenvalue weighted by Gasteiger charge is 2.04. The number of aliphatic carboxylic acids is 1. The molecule has 6 heteroatoms. The Balaban J connectivity index is 1.99. The fraction of sp³-hybridized carbons (Fsp3) is 0.280. The van der Waals surface area contributed by atoms with Gasteiger partial charge in [-0.2, -0.15) is 0 Å². The lowest BCUT2D eigenvalue weighted by Crippen LogP contribution is -1.98. The highest BCUT2D eigenvalue weighted by atomic mass is 33.1. The Morgan fingerprint density at radius 2 is 1.35 bits per heavy atom. The first-order valence-electron chi connectivity index (χ1n) is 10.1. The third-order valence-electron chi connectivity index (χ3n) is 4.65. The summed E-state index contributed by atoms with van der Waals surface area (Å²) in [4.78, 5) is 24.3. The molecule has 2 rings (SSSR count). The average molecular weight is 457 g/mol. The van der Waals surface area contributed by atoms with Crippen LogP contribution in [-0.2, 0) is 14.3 Å². The van der Waals surface area contributed by atoms with Crippen LogP contribution in [0.3, 0.4) is 0 Å². The summed E-state index contributed by atoms with van der Waals surface area (Å²) in [6, 6.07) is 16.6. The minimum absolute atomic E-state index is 0.147. The van der Waals surface area contributed by atoms with Gasteiger partial charge in [0.25, 0.3) is 0 Å². The molecular weight excluding hydrogens is 428 g/mol. The van der Waals surface area contributed by atoms with Crippen molar-refractivity contribution in [3.8, 4) is 0 Å². The van der Waals surface area contributed by atoms with E-state index in [9.17, 15) is 9.59 Å². The van der Waals surface area contributed by atoms with Gasteiger partial charge in [0.05, 0.1) is 7.11 Å². The van der Waals surface area contributed by atoms with Gasteiger partial charge in [0, 0.05) is 22.6 Å². The largest absolute Gasteiger partial charge is 0.481 e. The van der Waals surface area contributed by atoms with Gasteiger partial charge >= 0.3 is 11.9 Å². The van der Waals surface area contributed by atoms with E-state index < -0.39 is 5.97 Å². The molecule has 0 saturated carbocycles. The van der Waals surface area contributed by atoms with Crippen LogP contribution in [0.25, 0.3) is 11.1 Å². The Kier molecular flexibility index (Phi) is 10.5. The monoisotopic (exact) mass is 456 g/mol. The van der Waals surface area contributed by atoms with Gasteiger partial charge in [-0.3, -0.25) is 9.59 Å². The minimum atomic E-state index is -0.777. The summed E-state index contributed by atoms with van der Waals surface area (Å²) >= 11 is 0. The number of hydrogen-bond acceptors (Lipinski definition) is 5. The highest BCUT2D eigenvalue weighted by Crippen LogP contribution is 2.39. The van der Waals surface area contributed by atoms with Gasteiger partial charge in [0.1, 0.15) is 0 Å². The number of esters is 1.